The summed E-state index contributed by atoms with van der Waals surface area (Å²) in [5, 5.41) is 4.85. The number of amides is 1. The second kappa shape index (κ2) is 5.32. The van der Waals surface area contributed by atoms with E-state index in [0.717, 1.165) is 40.7 Å². The number of fused-ring (bicyclic) bond motifs is 1. The minimum Gasteiger partial charge on any atom is -0.316 e. The molecule has 0 aliphatic heterocycles. The van der Waals surface area contributed by atoms with Crippen molar-refractivity contribution in [3.8, 4) is 0 Å². The van der Waals surface area contributed by atoms with E-state index in [1.807, 2.05) is 19.9 Å². The van der Waals surface area contributed by atoms with E-state index in [1.165, 1.54) is 16.9 Å². The molecule has 0 unspecified atom stereocenters. The van der Waals surface area contributed by atoms with Gasteiger partial charge in [0.05, 0.1) is 22.3 Å². The fourth-order valence-corrected chi connectivity index (χ4v) is 3.53. The molecule has 4 nitrogen and oxygen atoms in total. The molecule has 104 valence electrons. The van der Waals surface area contributed by atoms with Crippen LogP contribution in [0.15, 0.2) is 18.3 Å². The van der Waals surface area contributed by atoms with Crippen LogP contribution in [0.4, 0.5) is 5.00 Å². The summed E-state index contributed by atoms with van der Waals surface area (Å²) in [5.74, 6) is -0.0989. The Labute approximate surface area is 122 Å². The first-order valence-electron chi connectivity index (χ1n) is 6.84. The zero-order chi connectivity index (χ0) is 14.1. The van der Waals surface area contributed by atoms with Gasteiger partial charge in [-0.2, -0.15) is 0 Å². The van der Waals surface area contributed by atoms with Gasteiger partial charge in [-0.05, 0) is 44.7 Å². The summed E-state index contributed by atoms with van der Waals surface area (Å²) in [7, 11) is 0. The third-order valence-corrected chi connectivity index (χ3v) is 4.64. The molecule has 0 spiro atoms. The number of hydrogen-bond acceptors (Lipinski definition) is 4. The van der Waals surface area contributed by atoms with Gasteiger partial charge in [0.2, 0.25) is 5.91 Å². The molecule has 2 aromatic rings. The zero-order valence-electron chi connectivity index (χ0n) is 11.6. The van der Waals surface area contributed by atoms with Crippen molar-refractivity contribution in [2.75, 3.05) is 5.32 Å². The summed E-state index contributed by atoms with van der Waals surface area (Å²) in [6.07, 6.45) is 4.70. The second-order valence-electron chi connectivity index (χ2n) is 5.13. The third-order valence-electron chi connectivity index (χ3n) is 3.65. The van der Waals surface area contributed by atoms with Crippen LogP contribution in [-0.2, 0) is 11.2 Å². The highest BCUT2D eigenvalue weighted by Gasteiger charge is 2.28. The molecule has 2 heterocycles. The van der Waals surface area contributed by atoms with Crippen LogP contribution in [0.5, 0.6) is 0 Å². The monoisotopic (exact) mass is 287 g/mol. The van der Waals surface area contributed by atoms with Crippen molar-refractivity contribution in [2.45, 2.75) is 39.0 Å². The molecule has 2 aromatic heterocycles. The first kappa shape index (κ1) is 13.2. The number of nitrogens with zero attached hydrogens (tertiary/aromatic N) is 2. The summed E-state index contributed by atoms with van der Waals surface area (Å²) in [4.78, 5) is 21.3. The molecule has 0 saturated heterocycles. The van der Waals surface area contributed by atoms with Gasteiger partial charge in [0, 0.05) is 6.20 Å². The van der Waals surface area contributed by atoms with E-state index in [9.17, 15) is 4.79 Å². The van der Waals surface area contributed by atoms with Crippen molar-refractivity contribution in [3.63, 3.8) is 0 Å². The lowest BCUT2D eigenvalue weighted by Gasteiger charge is -2.23. The molecule has 20 heavy (non-hydrogen) atoms. The van der Waals surface area contributed by atoms with Gasteiger partial charge in [0.25, 0.3) is 0 Å². The number of nitrogens with one attached hydrogen (secondary N) is 1. The van der Waals surface area contributed by atoms with Crippen LogP contribution >= 0.6 is 11.3 Å². The number of anilines is 1. The molecule has 0 saturated carbocycles. The Morgan fingerprint density at radius 2 is 2.30 bits per heavy atom. The van der Waals surface area contributed by atoms with Gasteiger partial charge >= 0.3 is 0 Å². The lowest BCUT2D eigenvalue weighted by atomic mass is 9.86. The van der Waals surface area contributed by atoms with Crippen LogP contribution < -0.4 is 5.32 Å². The zero-order valence-corrected chi connectivity index (χ0v) is 12.5. The SMILES string of the molecule is Cc1nc(C)c(NC(=O)[C@@H]2CCCc3cccnc32)s1. The van der Waals surface area contributed by atoms with E-state index in [-0.39, 0.29) is 11.8 Å². The highest BCUT2D eigenvalue weighted by Crippen LogP contribution is 2.32. The van der Waals surface area contributed by atoms with Gasteiger partial charge in [-0.25, -0.2) is 4.98 Å². The smallest absolute Gasteiger partial charge is 0.234 e. The maximum atomic E-state index is 12.5. The molecule has 1 amide bonds. The van der Waals surface area contributed by atoms with Gasteiger partial charge in [0.15, 0.2) is 0 Å². The molecular weight excluding hydrogens is 270 g/mol. The Hall–Kier alpha value is -1.75. The number of pyridine rings is 1. The summed E-state index contributed by atoms with van der Waals surface area (Å²) in [6.45, 7) is 3.87. The normalized spacial score (nSPS) is 17.6. The number of rotatable bonds is 2. The highest BCUT2D eigenvalue weighted by atomic mass is 32.1. The predicted octanol–water partition coefficient (Wildman–Crippen LogP) is 3.21. The first-order valence-corrected chi connectivity index (χ1v) is 7.65. The lowest BCUT2D eigenvalue weighted by molar-refractivity contribution is -0.117. The Balaban J connectivity index is 1.83. The number of hydrogen-bond donors (Lipinski definition) is 1. The Morgan fingerprint density at radius 1 is 1.45 bits per heavy atom. The number of carbonyl (C=O) groups is 1. The largest absolute Gasteiger partial charge is 0.316 e. The van der Waals surface area contributed by atoms with Crippen molar-refractivity contribution in [2.24, 2.45) is 0 Å². The summed E-state index contributed by atoms with van der Waals surface area (Å²) < 4.78 is 0. The van der Waals surface area contributed by atoms with Crippen molar-refractivity contribution in [1.29, 1.82) is 0 Å². The maximum absolute atomic E-state index is 12.5. The molecule has 0 radical (unpaired) electrons. The molecule has 3 rings (SSSR count). The Morgan fingerprint density at radius 3 is 3.05 bits per heavy atom. The Kier molecular flexibility index (Phi) is 3.53. The third kappa shape index (κ3) is 2.45. The topological polar surface area (TPSA) is 54.9 Å². The summed E-state index contributed by atoms with van der Waals surface area (Å²) >= 11 is 1.52. The lowest BCUT2D eigenvalue weighted by Crippen LogP contribution is -2.25. The molecule has 0 bridgehead atoms. The summed E-state index contributed by atoms with van der Waals surface area (Å²) in [5.41, 5.74) is 3.03. The quantitative estimate of drug-likeness (QED) is 0.922. The van der Waals surface area contributed by atoms with Crippen molar-refractivity contribution >= 4 is 22.2 Å². The van der Waals surface area contributed by atoms with Gasteiger partial charge in [0.1, 0.15) is 5.00 Å². The van der Waals surface area contributed by atoms with E-state index in [0.29, 0.717) is 0 Å². The first-order chi connectivity index (χ1) is 9.65. The van der Waals surface area contributed by atoms with Crippen LogP contribution in [0.1, 0.15) is 40.7 Å². The number of carbonyl (C=O) groups excluding carboxylic acids is 1. The van der Waals surface area contributed by atoms with Crippen molar-refractivity contribution < 1.29 is 4.79 Å². The molecule has 1 aliphatic rings. The fraction of sp³-hybridized carbons (Fsp3) is 0.400. The van der Waals surface area contributed by atoms with E-state index in [4.69, 9.17) is 0 Å². The predicted molar refractivity (Wildman–Crippen MR) is 80.1 cm³/mol. The van der Waals surface area contributed by atoms with Crippen LogP contribution in [0, 0.1) is 13.8 Å². The average Bonchev–Trinajstić information content (AvgIpc) is 2.76. The fourth-order valence-electron chi connectivity index (χ4n) is 2.71. The van der Waals surface area contributed by atoms with E-state index in [1.54, 1.807) is 6.20 Å². The van der Waals surface area contributed by atoms with Crippen LogP contribution in [0.3, 0.4) is 0 Å². The summed E-state index contributed by atoms with van der Waals surface area (Å²) in [6, 6.07) is 4.01. The number of aromatic nitrogens is 2. The van der Waals surface area contributed by atoms with E-state index < -0.39 is 0 Å². The van der Waals surface area contributed by atoms with Crippen molar-refractivity contribution in [1.82, 2.24) is 9.97 Å². The average molecular weight is 287 g/mol. The van der Waals surface area contributed by atoms with Gasteiger partial charge in [-0.15, -0.1) is 11.3 Å². The van der Waals surface area contributed by atoms with Gasteiger partial charge < -0.3 is 5.32 Å². The second-order valence-corrected chi connectivity index (χ2v) is 6.33. The minimum atomic E-state index is -0.137. The molecule has 5 heteroatoms. The molecular formula is C15H17N3OS. The molecule has 0 fully saturated rings. The molecule has 1 aliphatic carbocycles. The standard InChI is InChI=1S/C15H17N3OS/c1-9-15(20-10(2)17-9)18-14(19)12-7-3-5-11-6-4-8-16-13(11)12/h4,6,8,12H,3,5,7H2,1-2H3,(H,18,19)/t12-/m1/s1. The van der Waals surface area contributed by atoms with Crippen molar-refractivity contribution in [3.05, 3.63) is 40.3 Å². The molecule has 1 atom stereocenters. The maximum Gasteiger partial charge on any atom is 0.234 e. The van der Waals surface area contributed by atoms with Gasteiger partial charge in [-0.3, -0.25) is 9.78 Å². The van der Waals surface area contributed by atoms with Crippen LogP contribution in [0.25, 0.3) is 0 Å². The molecule has 1 N–H and O–H groups in total. The van der Waals surface area contributed by atoms with Gasteiger partial charge in [-0.1, -0.05) is 6.07 Å². The minimum absolute atomic E-state index is 0.0383. The van der Waals surface area contributed by atoms with E-state index in [2.05, 4.69) is 21.4 Å². The van der Waals surface area contributed by atoms with Crippen LogP contribution in [0.2, 0.25) is 0 Å². The van der Waals surface area contributed by atoms with E-state index >= 15 is 0 Å². The molecule has 0 aromatic carbocycles. The van der Waals surface area contributed by atoms with Crippen LogP contribution in [-0.4, -0.2) is 15.9 Å². The highest BCUT2D eigenvalue weighted by molar-refractivity contribution is 7.16. The number of aryl methyl sites for hydroxylation is 3. The number of thiazole rings is 1. The Bertz CT molecular complexity index is 650.